The normalized spacial score (nSPS) is 13.2. The van der Waals surface area contributed by atoms with Crippen LogP contribution in [0.3, 0.4) is 0 Å². The highest BCUT2D eigenvalue weighted by Gasteiger charge is 2.30. The number of nitrogens with zero attached hydrogens (tertiary/aromatic N) is 3. The highest BCUT2D eigenvalue weighted by atomic mass is 16.2. The zero-order valence-corrected chi connectivity index (χ0v) is 13.9. The molecule has 0 atom stereocenters. The molecule has 7 heteroatoms. The molecule has 2 aromatic heterocycles. The molecule has 7 nitrogen and oxygen atoms in total. The van der Waals surface area contributed by atoms with Gasteiger partial charge in [-0.2, -0.15) is 5.10 Å². The fraction of sp³-hybridized carbons (Fsp3) is 0.158. The van der Waals surface area contributed by atoms with E-state index in [0.29, 0.717) is 11.3 Å². The van der Waals surface area contributed by atoms with Crippen LogP contribution in [0.2, 0.25) is 0 Å². The van der Waals surface area contributed by atoms with Crippen molar-refractivity contribution < 1.29 is 9.59 Å². The summed E-state index contributed by atoms with van der Waals surface area (Å²) in [7, 11) is 0. The molecule has 2 heterocycles. The van der Waals surface area contributed by atoms with Gasteiger partial charge in [0.15, 0.2) is 0 Å². The molecule has 0 unspecified atom stereocenters. The number of para-hydroxylation sites is 1. The van der Waals surface area contributed by atoms with Gasteiger partial charge in [0.1, 0.15) is 5.69 Å². The molecule has 1 saturated carbocycles. The van der Waals surface area contributed by atoms with Crippen LogP contribution in [0.15, 0.2) is 61.1 Å². The van der Waals surface area contributed by atoms with Gasteiger partial charge >= 0.3 is 0 Å². The van der Waals surface area contributed by atoms with Crippen molar-refractivity contribution in [3.05, 3.63) is 66.6 Å². The predicted octanol–water partition coefficient (Wildman–Crippen LogP) is 2.11. The van der Waals surface area contributed by atoms with Gasteiger partial charge in [-0.1, -0.05) is 18.2 Å². The quantitative estimate of drug-likeness (QED) is 0.708. The largest absolute Gasteiger partial charge is 0.273 e. The number of carbonyl (C=O) groups is 2. The van der Waals surface area contributed by atoms with E-state index in [1.54, 1.807) is 29.3 Å². The molecule has 0 bridgehead atoms. The first-order valence-corrected chi connectivity index (χ1v) is 8.38. The van der Waals surface area contributed by atoms with Crippen molar-refractivity contribution in [1.82, 2.24) is 25.6 Å². The lowest BCUT2D eigenvalue weighted by Crippen LogP contribution is -2.42. The first-order chi connectivity index (χ1) is 12.7. The fourth-order valence-corrected chi connectivity index (χ4v) is 2.60. The van der Waals surface area contributed by atoms with Gasteiger partial charge in [-0.3, -0.25) is 25.4 Å². The SMILES string of the molecule is O=C(NNC(=O)C1CC1)c1cn(-c2ccccc2)nc1-c1cccnc1. The molecule has 3 aromatic rings. The molecule has 0 radical (unpaired) electrons. The Balaban J connectivity index is 1.66. The van der Waals surface area contributed by atoms with E-state index < -0.39 is 5.91 Å². The van der Waals surface area contributed by atoms with E-state index in [4.69, 9.17) is 0 Å². The molecular formula is C19H17N5O2. The van der Waals surface area contributed by atoms with Crippen LogP contribution >= 0.6 is 0 Å². The van der Waals surface area contributed by atoms with Gasteiger partial charge in [0.05, 0.1) is 11.3 Å². The van der Waals surface area contributed by atoms with E-state index in [1.807, 2.05) is 36.4 Å². The molecule has 1 aromatic carbocycles. The number of hydrogen-bond donors (Lipinski definition) is 2. The number of amides is 2. The van der Waals surface area contributed by atoms with Crippen molar-refractivity contribution >= 4 is 11.8 Å². The van der Waals surface area contributed by atoms with Crippen molar-refractivity contribution in [2.75, 3.05) is 0 Å². The number of nitrogens with one attached hydrogen (secondary N) is 2. The molecule has 2 amide bonds. The minimum Gasteiger partial charge on any atom is -0.273 e. The number of pyridine rings is 1. The summed E-state index contributed by atoms with van der Waals surface area (Å²) < 4.78 is 1.64. The van der Waals surface area contributed by atoms with Crippen LogP contribution in [0.1, 0.15) is 23.2 Å². The molecule has 1 aliphatic carbocycles. The van der Waals surface area contributed by atoms with Gasteiger partial charge in [-0.05, 0) is 37.1 Å². The van der Waals surface area contributed by atoms with Crippen LogP contribution in [0, 0.1) is 5.92 Å². The second-order valence-electron chi connectivity index (χ2n) is 6.13. The summed E-state index contributed by atoms with van der Waals surface area (Å²) in [5, 5.41) is 4.55. The van der Waals surface area contributed by atoms with Crippen LogP contribution in [-0.4, -0.2) is 26.6 Å². The maximum absolute atomic E-state index is 12.6. The molecule has 0 saturated heterocycles. The maximum atomic E-state index is 12.6. The summed E-state index contributed by atoms with van der Waals surface area (Å²) in [6.07, 6.45) is 6.70. The summed E-state index contributed by atoms with van der Waals surface area (Å²) >= 11 is 0. The van der Waals surface area contributed by atoms with Gasteiger partial charge in [0.25, 0.3) is 5.91 Å². The van der Waals surface area contributed by atoms with Crippen LogP contribution in [-0.2, 0) is 4.79 Å². The third kappa shape index (κ3) is 3.32. The Labute approximate surface area is 150 Å². The van der Waals surface area contributed by atoms with E-state index in [1.165, 1.54) is 0 Å². The van der Waals surface area contributed by atoms with E-state index in [0.717, 1.165) is 24.1 Å². The average Bonchev–Trinajstić information content (AvgIpc) is 3.45. The Morgan fingerprint density at radius 2 is 1.85 bits per heavy atom. The van der Waals surface area contributed by atoms with E-state index in [2.05, 4.69) is 20.9 Å². The zero-order chi connectivity index (χ0) is 17.9. The minimum atomic E-state index is -0.417. The van der Waals surface area contributed by atoms with Gasteiger partial charge < -0.3 is 0 Å². The second kappa shape index (κ2) is 6.79. The lowest BCUT2D eigenvalue weighted by atomic mass is 10.1. The van der Waals surface area contributed by atoms with Crippen LogP contribution in [0.5, 0.6) is 0 Å². The first kappa shape index (κ1) is 16.0. The summed E-state index contributed by atoms with van der Waals surface area (Å²) in [5.41, 5.74) is 7.38. The summed E-state index contributed by atoms with van der Waals surface area (Å²) in [6.45, 7) is 0. The monoisotopic (exact) mass is 347 g/mol. The Hall–Kier alpha value is -3.48. The molecule has 0 aliphatic heterocycles. The topological polar surface area (TPSA) is 88.9 Å². The Bertz CT molecular complexity index is 933. The average molecular weight is 347 g/mol. The number of hydrogen-bond acceptors (Lipinski definition) is 4. The van der Waals surface area contributed by atoms with Gasteiger partial charge in [-0.25, -0.2) is 4.68 Å². The highest BCUT2D eigenvalue weighted by molar-refractivity contribution is 6.00. The minimum absolute atomic E-state index is 0.0140. The Kier molecular flexibility index (Phi) is 4.18. The lowest BCUT2D eigenvalue weighted by Gasteiger charge is -2.06. The maximum Gasteiger partial charge on any atom is 0.273 e. The summed E-state index contributed by atoms with van der Waals surface area (Å²) in [4.78, 5) is 28.5. The molecule has 26 heavy (non-hydrogen) atoms. The van der Waals surface area contributed by atoms with Crippen molar-refractivity contribution in [2.45, 2.75) is 12.8 Å². The third-order valence-electron chi connectivity index (χ3n) is 4.16. The predicted molar refractivity (Wildman–Crippen MR) is 95.1 cm³/mol. The van der Waals surface area contributed by atoms with Crippen molar-refractivity contribution in [3.63, 3.8) is 0 Å². The number of rotatable bonds is 4. The standard InChI is InChI=1S/C19H17N5O2/c25-18(13-8-9-13)21-22-19(26)16-12-24(15-6-2-1-3-7-15)23-17(16)14-5-4-10-20-11-14/h1-7,10-13H,8-9H2,(H,21,25)(H,22,26). The lowest BCUT2D eigenvalue weighted by molar-refractivity contribution is -0.123. The Morgan fingerprint density at radius 1 is 1.04 bits per heavy atom. The molecule has 0 spiro atoms. The van der Waals surface area contributed by atoms with E-state index in [9.17, 15) is 9.59 Å². The van der Waals surface area contributed by atoms with E-state index >= 15 is 0 Å². The van der Waals surface area contributed by atoms with Gasteiger partial charge in [-0.15, -0.1) is 0 Å². The molecule has 1 aliphatic rings. The van der Waals surface area contributed by atoms with Crippen molar-refractivity contribution in [2.24, 2.45) is 5.92 Å². The smallest absolute Gasteiger partial charge is 0.273 e. The molecule has 130 valence electrons. The van der Waals surface area contributed by atoms with Crippen LogP contribution in [0.25, 0.3) is 16.9 Å². The highest BCUT2D eigenvalue weighted by Crippen LogP contribution is 2.28. The molecule has 2 N–H and O–H groups in total. The number of hydrazine groups is 1. The van der Waals surface area contributed by atoms with Crippen LogP contribution < -0.4 is 10.9 Å². The number of benzene rings is 1. The zero-order valence-electron chi connectivity index (χ0n) is 13.9. The fourth-order valence-electron chi connectivity index (χ4n) is 2.60. The molecular weight excluding hydrogens is 330 g/mol. The number of carbonyl (C=O) groups excluding carboxylic acids is 2. The van der Waals surface area contributed by atoms with E-state index in [-0.39, 0.29) is 11.8 Å². The van der Waals surface area contributed by atoms with Crippen LogP contribution in [0.4, 0.5) is 0 Å². The first-order valence-electron chi connectivity index (χ1n) is 8.38. The second-order valence-corrected chi connectivity index (χ2v) is 6.13. The Morgan fingerprint density at radius 3 is 2.54 bits per heavy atom. The third-order valence-corrected chi connectivity index (χ3v) is 4.16. The number of aromatic nitrogens is 3. The molecule has 1 fully saturated rings. The van der Waals surface area contributed by atoms with Gasteiger partial charge in [0, 0.05) is 30.1 Å². The van der Waals surface area contributed by atoms with Gasteiger partial charge in [0.2, 0.25) is 5.91 Å². The summed E-state index contributed by atoms with van der Waals surface area (Å²) in [6, 6.07) is 13.1. The van der Waals surface area contributed by atoms with Crippen molar-refractivity contribution in [1.29, 1.82) is 0 Å². The molecule has 4 rings (SSSR count). The summed E-state index contributed by atoms with van der Waals surface area (Å²) in [5.74, 6) is -0.558. The van der Waals surface area contributed by atoms with Crippen molar-refractivity contribution in [3.8, 4) is 16.9 Å².